The van der Waals surface area contributed by atoms with Gasteiger partial charge in [0.25, 0.3) is 0 Å². The van der Waals surface area contributed by atoms with Crippen molar-refractivity contribution >= 4 is 12.2 Å². The van der Waals surface area contributed by atoms with Gasteiger partial charge in [-0.1, -0.05) is 122 Å². The van der Waals surface area contributed by atoms with E-state index in [1.165, 1.54) is 22.3 Å². The lowest BCUT2D eigenvalue weighted by Gasteiger charge is -2.12. The van der Waals surface area contributed by atoms with Gasteiger partial charge in [0.2, 0.25) is 0 Å². The molecule has 0 aromatic heterocycles. The molecule has 1 heteroatoms. The Morgan fingerprint density at radius 3 is 2.06 bits per heavy atom. The van der Waals surface area contributed by atoms with Crippen LogP contribution in [-0.2, 0) is 12.8 Å². The first-order chi connectivity index (χ1) is 17.1. The molecule has 0 bridgehead atoms. The van der Waals surface area contributed by atoms with E-state index < -0.39 is 0 Å². The standard InChI is InChI=1S/C34H33F/c1-3-4-6-9-28-17-23-33(34(35)25-28)22-14-27-12-18-31(19-13-27)32-20-15-29(16-21-32)24-26(2)30-10-7-5-8-11-30/h3-5,7-8,10-23,25-26H,6,9,24H2,1-2H3/b4-3+,22-14+. The van der Waals surface area contributed by atoms with Gasteiger partial charge < -0.3 is 0 Å². The highest BCUT2D eigenvalue weighted by atomic mass is 19.1. The minimum absolute atomic E-state index is 0.169. The largest absolute Gasteiger partial charge is 0.206 e. The van der Waals surface area contributed by atoms with Crippen LogP contribution in [0.1, 0.15) is 54.0 Å². The number of allylic oxidation sites excluding steroid dienone is 2. The van der Waals surface area contributed by atoms with E-state index in [0.29, 0.717) is 11.5 Å². The first-order valence-corrected chi connectivity index (χ1v) is 12.4. The lowest BCUT2D eigenvalue weighted by molar-refractivity contribution is 0.622. The Kier molecular flexibility index (Phi) is 8.46. The second-order valence-electron chi connectivity index (χ2n) is 9.13. The first kappa shape index (κ1) is 24.4. The van der Waals surface area contributed by atoms with Crippen LogP contribution < -0.4 is 0 Å². The van der Waals surface area contributed by atoms with E-state index in [1.807, 2.05) is 37.3 Å². The van der Waals surface area contributed by atoms with E-state index in [2.05, 4.69) is 91.9 Å². The Balaban J connectivity index is 1.37. The fraction of sp³-hybridized carbons (Fsp3) is 0.176. The number of hydrogen-bond acceptors (Lipinski definition) is 0. The Morgan fingerprint density at radius 2 is 1.40 bits per heavy atom. The van der Waals surface area contributed by atoms with Gasteiger partial charge in [0, 0.05) is 5.56 Å². The lowest BCUT2D eigenvalue weighted by Crippen LogP contribution is -1.98. The number of benzene rings is 4. The minimum atomic E-state index is -0.169. The highest BCUT2D eigenvalue weighted by molar-refractivity contribution is 5.72. The van der Waals surface area contributed by atoms with Crippen LogP contribution in [-0.4, -0.2) is 0 Å². The molecule has 0 saturated carbocycles. The molecule has 0 aliphatic heterocycles. The SMILES string of the molecule is C/C=C/CCc1ccc(/C=C/c2ccc(-c3ccc(CC(C)c4ccccc4)cc3)cc2)c(F)c1. The molecule has 1 unspecified atom stereocenters. The second kappa shape index (κ2) is 12.1. The molecule has 0 aliphatic carbocycles. The molecule has 0 N–H and O–H groups in total. The monoisotopic (exact) mass is 460 g/mol. The van der Waals surface area contributed by atoms with Crippen molar-refractivity contribution in [1.82, 2.24) is 0 Å². The van der Waals surface area contributed by atoms with Gasteiger partial charge in [0.1, 0.15) is 5.82 Å². The van der Waals surface area contributed by atoms with Crippen LogP contribution in [0.2, 0.25) is 0 Å². The number of halogens is 1. The van der Waals surface area contributed by atoms with Crippen molar-refractivity contribution in [2.75, 3.05) is 0 Å². The van der Waals surface area contributed by atoms with E-state index >= 15 is 0 Å². The molecule has 4 aromatic rings. The number of hydrogen-bond donors (Lipinski definition) is 0. The molecule has 1 atom stereocenters. The topological polar surface area (TPSA) is 0 Å². The van der Waals surface area contributed by atoms with E-state index in [1.54, 1.807) is 6.07 Å². The van der Waals surface area contributed by atoms with E-state index in [9.17, 15) is 4.39 Å². The van der Waals surface area contributed by atoms with Crippen molar-refractivity contribution in [2.24, 2.45) is 0 Å². The summed E-state index contributed by atoms with van der Waals surface area (Å²) >= 11 is 0. The highest BCUT2D eigenvalue weighted by Gasteiger charge is 2.07. The molecule has 4 aromatic carbocycles. The van der Waals surface area contributed by atoms with Crippen LogP contribution in [0.5, 0.6) is 0 Å². The lowest BCUT2D eigenvalue weighted by atomic mass is 9.93. The third-order valence-electron chi connectivity index (χ3n) is 6.46. The predicted molar refractivity (Wildman–Crippen MR) is 149 cm³/mol. The molecule has 35 heavy (non-hydrogen) atoms. The minimum Gasteiger partial charge on any atom is -0.206 e. The maximum atomic E-state index is 14.5. The van der Waals surface area contributed by atoms with Gasteiger partial charge >= 0.3 is 0 Å². The molecule has 4 rings (SSSR count). The third-order valence-corrected chi connectivity index (χ3v) is 6.46. The summed E-state index contributed by atoms with van der Waals surface area (Å²) in [6.07, 6.45) is 10.8. The van der Waals surface area contributed by atoms with Crippen molar-refractivity contribution in [1.29, 1.82) is 0 Å². The van der Waals surface area contributed by atoms with Gasteiger partial charge in [-0.05, 0) is 71.6 Å². The molecule has 0 aliphatic rings. The molecular weight excluding hydrogens is 427 g/mol. The summed E-state index contributed by atoms with van der Waals surface area (Å²) in [5.41, 5.74) is 7.81. The van der Waals surface area contributed by atoms with Crippen molar-refractivity contribution in [3.8, 4) is 11.1 Å². The van der Waals surface area contributed by atoms with E-state index in [4.69, 9.17) is 0 Å². The van der Waals surface area contributed by atoms with Crippen LogP contribution in [0, 0.1) is 5.82 Å². The molecule has 0 fully saturated rings. The van der Waals surface area contributed by atoms with E-state index in [0.717, 1.165) is 30.4 Å². The maximum Gasteiger partial charge on any atom is 0.130 e. The van der Waals surface area contributed by atoms with Crippen molar-refractivity contribution in [3.63, 3.8) is 0 Å². The summed E-state index contributed by atoms with van der Waals surface area (Å²) in [6, 6.07) is 33.5. The summed E-state index contributed by atoms with van der Waals surface area (Å²) in [4.78, 5) is 0. The molecular formula is C34H33F. The zero-order valence-electron chi connectivity index (χ0n) is 20.6. The highest BCUT2D eigenvalue weighted by Crippen LogP contribution is 2.25. The van der Waals surface area contributed by atoms with Crippen LogP contribution in [0.25, 0.3) is 23.3 Å². The molecule has 0 saturated heterocycles. The zero-order valence-corrected chi connectivity index (χ0v) is 20.6. The summed E-state index contributed by atoms with van der Waals surface area (Å²) in [7, 11) is 0. The summed E-state index contributed by atoms with van der Waals surface area (Å²) < 4.78 is 14.5. The normalized spacial score (nSPS) is 12.4. The first-order valence-electron chi connectivity index (χ1n) is 12.4. The molecule has 0 spiro atoms. The van der Waals surface area contributed by atoms with Gasteiger partial charge in [-0.2, -0.15) is 0 Å². The summed E-state index contributed by atoms with van der Waals surface area (Å²) in [5.74, 6) is 0.324. The molecule has 0 heterocycles. The molecule has 0 nitrogen and oxygen atoms in total. The van der Waals surface area contributed by atoms with Crippen LogP contribution in [0.15, 0.2) is 109 Å². The zero-order chi connectivity index (χ0) is 24.5. The van der Waals surface area contributed by atoms with Gasteiger partial charge in [0.05, 0.1) is 0 Å². The fourth-order valence-corrected chi connectivity index (χ4v) is 4.34. The number of aryl methyl sites for hydroxylation is 1. The Hall–Kier alpha value is -3.71. The van der Waals surface area contributed by atoms with Gasteiger partial charge in [-0.3, -0.25) is 0 Å². The summed E-state index contributed by atoms with van der Waals surface area (Å²) in [5, 5.41) is 0. The fourth-order valence-electron chi connectivity index (χ4n) is 4.34. The van der Waals surface area contributed by atoms with Crippen molar-refractivity contribution in [2.45, 2.75) is 39.0 Å². The maximum absolute atomic E-state index is 14.5. The van der Waals surface area contributed by atoms with Crippen molar-refractivity contribution < 1.29 is 4.39 Å². The Morgan fingerprint density at radius 1 is 0.743 bits per heavy atom. The van der Waals surface area contributed by atoms with Gasteiger partial charge in [-0.15, -0.1) is 0 Å². The molecule has 0 amide bonds. The van der Waals surface area contributed by atoms with Crippen molar-refractivity contribution in [3.05, 3.63) is 143 Å². The predicted octanol–water partition coefficient (Wildman–Crippen LogP) is 9.52. The van der Waals surface area contributed by atoms with Crippen LogP contribution in [0.4, 0.5) is 4.39 Å². The average molecular weight is 461 g/mol. The Bertz CT molecular complexity index is 1260. The van der Waals surface area contributed by atoms with Crippen LogP contribution >= 0.6 is 0 Å². The second-order valence-corrected chi connectivity index (χ2v) is 9.13. The Labute approximate surface area is 209 Å². The number of rotatable bonds is 9. The van der Waals surface area contributed by atoms with Crippen LogP contribution in [0.3, 0.4) is 0 Å². The summed E-state index contributed by atoms with van der Waals surface area (Å²) in [6.45, 7) is 4.28. The van der Waals surface area contributed by atoms with E-state index in [-0.39, 0.29) is 5.82 Å². The smallest absolute Gasteiger partial charge is 0.130 e. The third kappa shape index (κ3) is 6.90. The average Bonchev–Trinajstić information content (AvgIpc) is 2.90. The quantitative estimate of drug-likeness (QED) is 0.172. The molecule has 0 radical (unpaired) electrons. The van der Waals surface area contributed by atoms with Gasteiger partial charge in [-0.25, -0.2) is 4.39 Å². The van der Waals surface area contributed by atoms with Gasteiger partial charge in [0.15, 0.2) is 0 Å². The molecule has 176 valence electrons.